The first-order valence-electron chi connectivity index (χ1n) is 7.44. The van der Waals surface area contributed by atoms with Gasteiger partial charge < -0.3 is 4.74 Å². The Balaban J connectivity index is 2.12. The first-order chi connectivity index (χ1) is 11.6. The van der Waals surface area contributed by atoms with E-state index in [1.165, 1.54) is 13.1 Å². The quantitative estimate of drug-likeness (QED) is 0.775. The lowest BCUT2D eigenvalue weighted by Gasteiger charge is -2.20. The standard InChI is InChI=1S/C17H18F3NO3S/c1-13-6-5-7-14(12-13)24-11-10-21(2)25(22,23)16-9-4-3-8-15(16)17(18,19)20/h3-9,12H,10-11H2,1-2H3. The number of alkyl halides is 3. The molecular weight excluding hydrogens is 355 g/mol. The molecule has 4 nitrogen and oxygen atoms in total. The number of likely N-dealkylation sites (N-methyl/N-ethyl adjacent to an activating group) is 1. The summed E-state index contributed by atoms with van der Waals surface area (Å²) in [6.07, 6.45) is -4.75. The Hall–Kier alpha value is -2.06. The minimum Gasteiger partial charge on any atom is -0.492 e. The summed E-state index contributed by atoms with van der Waals surface area (Å²) in [5.74, 6) is 0.571. The van der Waals surface area contributed by atoms with Crippen molar-refractivity contribution in [1.82, 2.24) is 4.31 Å². The van der Waals surface area contributed by atoms with Gasteiger partial charge in [-0.25, -0.2) is 8.42 Å². The highest BCUT2D eigenvalue weighted by Crippen LogP contribution is 2.34. The third-order valence-electron chi connectivity index (χ3n) is 3.55. The Morgan fingerprint density at radius 3 is 2.40 bits per heavy atom. The normalized spacial score (nSPS) is 12.4. The molecule has 0 radical (unpaired) electrons. The van der Waals surface area contributed by atoms with E-state index < -0.39 is 26.7 Å². The van der Waals surface area contributed by atoms with Gasteiger partial charge in [-0.2, -0.15) is 17.5 Å². The molecule has 0 saturated carbocycles. The maximum atomic E-state index is 13.0. The van der Waals surface area contributed by atoms with E-state index in [1.54, 1.807) is 18.2 Å². The smallest absolute Gasteiger partial charge is 0.417 e. The van der Waals surface area contributed by atoms with Crippen LogP contribution in [-0.2, 0) is 16.2 Å². The average molecular weight is 373 g/mol. The Kier molecular flexibility index (Phi) is 5.74. The molecule has 0 aliphatic carbocycles. The Morgan fingerprint density at radius 1 is 1.08 bits per heavy atom. The number of halogens is 3. The number of sulfonamides is 1. The first-order valence-corrected chi connectivity index (χ1v) is 8.88. The van der Waals surface area contributed by atoms with Crippen LogP contribution in [0.4, 0.5) is 13.2 Å². The third-order valence-corrected chi connectivity index (χ3v) is 5.46. The van der Waals surface area contributed by atoms with Crippen molar-refractivity contribution < 1.29 is 26.3 Å². The molecule has 2 rings (SSSR count). The molecule has 0 unspecified atom stereocenters. The highest BCUT2D eigenvalue weighted by molar-refractivity contribution is 7.89. The molecule has 136 valence electrons. The van der Waals surface area contributed by atoms with E-state index >= 15 is 0 Å². The summed E-state index contributed by atoms with van der Waals surface area (Å²) in [6, 6.07) is 11.3. The van der Waals surface area contributed by atoms with Gasteiger partial charge in [0.25, 0.3) is 0 Å². The fraction of sp³-hybridized carbons (Fsp3) is 0.294. The van der Waals surface area contributed by atoms with Crippen LogP contribution in [0.2, 0.25) is 0 Å². The molecule has 0 aromatic heterocycles. The van der Waals surface area contributed by atoms with E-state index in [2.05, 4.69) is 0 Å². The molecule has 8 heteroatoms. The fourth-order valence-corrected chi connectivity index (χ4v) is 3.57. The lowest BCUT2D eigenvalue weighted by molar-refractivity contribution is -0.139. The minimum atomic E-state index is -4.75. The summed E-state index contributed by atoms with van der Waals surface area (Å²) < 4.78 is 70.4. The van der Waals surface area contributed by atoms with Crippen molar-refractivity contribution in [2.24, 2.45) is 0 Å². The van der Waals surface area contributed by atoms with Gasteiger partial charge in [0, 0.05) is 13.6 Å². The van der Waals surface area contributed by atoms with Crippen LogP contribution in [0, 0.1) is 6.92 Å². The molecule has 25 heavy (non-hydrogen) atoms. The lowest BCUT2D eigenvalue weighted by Crippen LogP contribution is -2.32. The number of hydrogen-bond donors (Lipinski definition) is 0. The van der Waals surface area contributed by atoms with E-state index in [9.17, 15) is 21.6 Å². The number of hydrogen-bond acceptors (Lipinski definition) is 3. The van der Waals surface area contributed by atoms with Crippen molar-refractivity contribution in [3.05, 3.63) is 59.7 Å². The topological polar surface area (TPSA) is 46.6 Å². The van der Waals surface area contributed by atoms with Crippen LogP contribution < -0.4 is 4.74 Å². The molecule has 0 N–H and O–H groups in total. The number of ether oxygens (including phenoxy) is 1. The predicted octanol–water partition coefficient (Wildman–Crippen LogP) is 3.71. The number of aryl methyl sites for hydroxylation is 1. The summed E-state index contributed by atoms with van der Waals surface area (Å²) in [5, 5.41) is 0. The fourth-order valence-electron chi connectivity index (χ4n) is 2.21. The van der Waals surface area contributed by atoms with Gasteiger partial charge in [-0.05, 0) is 36.8 Å². The second-order valence-corrected chi connectivity index (χ2v) is 7.50. The molecular formula is C17H18F3NO3S. The van der Waals surface area contributed by atoms with Gasteiger partial charge in [-0.1, -0.05) is 24.3 Å². The Bertz CT molecular complexity index is 835. The van der Waals surface area contributed by atoms with Gasteiger partial charge in [0.1, 0.15) is 12.4 Å². The highest BCUT2D eigenvalue weighted by atomic mass is 32.2. The van der Waals surface area contributed by atoms with E-state index in [0.717, 1.165) is 28.1 Å². The average Bonchev–Trinajstić information content (AvgIpc) is 2.54. The molecule has 0 fully saturated rings. The molecule has 0 bridgehead atoms. The zero-order chi connectivity index (χ0) is 18.7. The molecule has 0 amide bonds. The molecule has 0 aliphatic heterocycles. The van der Waals surface area contributed by atoms with Crippen molar-refractivity contribution in [3.8, 4) is 5.75 Å². The summed E-state index contributed by atoms with van der Waals surface area (Å²) in [7, 11) is -3.06. The summed E-state index contributed by atoms with van der Waals surface area (Å²) in [4.78, 5) is -0.763. The van der Waals surface area contributed by atoms with Crippen molar-refractivity contribution >= 4 is 10.0 Å². The molecule has 0 heterocycles. The molecule has 2 aromatic rings. The van der Waals surface area contributed by atoms with Gasteiger partial charge in [0.05, 0.1) is 10.5 Å². The minimum absolute atomic E-state index is 0.0212. The largest absolute Gasteiger partial charge is 0.492 e. The first kappa shape index (κ1) is 19.3. The predicted molar refractivity (Wildman–Crippen MR) is 87.9 cm³/mol. The summed E-state index contributed by atoms with van der Waals surface area (Å²) in [6.45, 7) is 1.83. The Labute approximate surface area is 144 Å². The monoisotopic (exact) mass is 373 g/mol. The zero-order valence-electron chi connectivity index (χ0n) is 13.7. The zero-order valence-corrected chi connectivity index (χ0v) is 14.6. The van der Waals surface area contributed by atoms with Crippen LogP contribution in [0.15, 0.2) is 53.4 Å². The van der Waals surface area contributed by atoms with Gasteiger partial charge in [0.2, 0.25) is 10.0 Å². The third kappa shape index (κ3) is 4.73. The molecule has 0 spiro atoms. The molecule has 0 atom stereocenters. The van der Waals surface area contributed by atoms with Crippen LogP contribution in [0.3, 0.4) is 0 Å². The van der Waals surface area contributed by atoms with E-state index in [-0.39, 0.29) is 13.2 Å². The van der Waals surface area contributed by atoms with Gasteiger partial charge >= 0.3 is 6.18 Å². The van der Waals surface area contributed by atoms with Crippen LogP contribution in [0.1, 0.15) is 11.1 Å². The molecule has 0 saturated heterocycles. The van der Waals surface area contributed by atoms with Crippen molar-refractivity contribution in [3.63, 3.8) is 0 Å². The maximum Gasteiger partial charge on any atom is 0.417 e. The molecule has 2 aromatic carbocycles. The van der Waals surface area contributed by atoms with Crippen LogP contribution >= 0.6 is 0 Å². The van der Waals surface area contributed by atoms with Gasteiger partial charge in [-0.3, -0.25) is 0 Å². The van der Waals surface area contributed by atoms with E-state index in [1.807, 2.05) is 13.0 Å². The number of nitrogens with zero attached hydrogens (tertiary/aromatic N) is 1. The van der Waals surface area contributed by atoms with Gasteiger partial charge in [-0.15, -0.1) is 0 Å². The van der Waals surface area contributed by atoms with Crippen molar-refractivity contribution in [1.29, 1.82) is 0 Å². The maximum absolute atomic E-state index is 13.0. The van der Waals surface area contributed by atoms with Crippen LogP contribution in [-0.4, -0.2) is 32.9 Å². The number of benzene rings is 2. The summed E-state index contributed by atoms with van der Waals surface area (Å²) in [5.41, 5.74) is -0.195. The van der Waals surface area contributed by atoms with E-state index in [4.69, 9.17) is 4.74 Å². The lowest BCUT2D eigenvalue weighted by atomic mass is 10.2. The summed E-state index contributed by atoms with van der Waals surface area (Å²) >= 11 is 0. The molecule has 0 aliphatic rings. The van der Waals surface area contributed by atoms with Crippen LogP contribution in [0.5, 0.6) is 5.75 Å². The van der Waals surface area contributed by atoms with Gasteiger partial charge in [0.15, 0.2) is 0 Å². The SMILES string of the molecule is Cc1cccc(OCCN(C)S(=O)(=O)c2ccccc2C(F)(F)F)c1. The Morgan fingerprint density at radius 2 is 1.76 bits per heavy atom. The number of rotatable bonds is 6. The van der Waals surface area contributed by atoms with E-state index in [0.29, 0.717) is 5.75 Å². The second kappa shape index (κ2) is 7.45. The van der Waals surface area contributed by atoms with Crippen molar-refractivity contribution in [2.75, 3.05) is 20.2 Å². The van der Waals surface area contributed by atoms with Crippen molar-refractivity contribution in [2.45, 2.75) is 18.0 Å². The second-order valence-electron chi connectivity index (χ2n) is 5.49. The van der Waals surface area contributed by atoms with Crippen LogP contribution in [0.25, 0.3) is 0 Å². The highest BCUT2D eigenvalue weighted by Gasteiger charge is 2.37.